The van der Waals surface area contributed by atoms with Crippen LogP contribution in [-0.4, -0.2) is 44.5 Å². The van der Waals surface area contributed by atoms with Gasteiger partial charge in [-0.2, -0.15) is 0 Å². The van der Waals surface area contributed by atoms with E-state index in [1.165, 1.54) is 28.4 Å². The smallest absolute Gasteiger partial charge is 0.354 e. The number of aliphatic hydroxyl groups excluding tert-OH is 1. The van der Waals surface area contributed by atoms with Gasteiger partial charge in [0.25, 0.3) is 0 Å². The van der Waals surface area contributed by atoms with E-state index in [1.54, 1.807) is 19.1 Å². The zero-order valence-electron chi connectivity index (χ0n) is 14.4. The number of aromatic nitrogens is 1. The lowest BCUT2D eigenvalue weighted by atomic mass is 9.99. The Bertz CT molecular complexity index is 750. The van der Waals surface area contributed by atoms with Crippen LogP contribution in [0.25, 0.3) is 11.1 Å². The molecule has 2 aromatic rings. The van der Waals surface area contributed by atoms with Gasteiger partial charge in [-0.25, -0.2) is 4.79 Å². The number of H-pyrrole nitrogens is 1. The molecule has 1 aromatic heterocycles. The predicted molar refractivity (Wildman–Crippen MR) is 87.9 cm³/mol. The average molecular weight is 335 g/mol. The minimum atomic E-state index is -0.548. The summed E-state index contributed by atoms with van der Waals surface area (Å²) < 4.78 is 20.9. The van der Waals surface area contributed by atoms with Crippen LogP contribution in [0, 0.1) is 6.92 Å². The van der Waals surface area contributed by atoms with E-state index in [2.05, 4.69) is 4.98 Å². The van der Waals surface area contributed by atoms with Gasteiger partial charge in [-0.3, -0.25) is 0 Å². The molecule has 1 heterocycles. The number of esters is 1. The number of methoxy groups -OCH3 is 4. The van der Waals surface area contributed by atoms with Gasteiger partial charge in [0.15, 0.2) is 11.5 Å². The third-order valence-corrected chi connectivity index (χ3v) is 3.81. The lowest BCUT2D eigenvalue weighted by Gasteiger charge is -2.16. The monoisotopic (exact) mass is 335 g/mol. The second-order valence-electron chi connectivity index (χ2n) is 5.01. The highest BCUT2D eigenvalue weighted by Gasteiger charge is 2.25. The van der Waals surface area contributed by atoms with E-state index < -0.39 is 5.97 Å². The molecular weight excluding hydrogens is 314 g/mol. The molecule has 2 N–H and O–H groups in total. The molecule has 7 heteroatoms. The third-order valence-electron chi connectivity index (χ3n) is 3.81. The Labute approximate surface area is 140 Å². The fourth-order valence-corrected chi connectivity index (χ4v) is 2.77. The summed E-state index contributed by atoms with van der Waals surface area (Å²) in [5.74, 6) is 0.851. The molecule has 1 aromatic carbocycles. The van der Waals surface area contributed by atoms with Crippen molar-refractivity contribution in [3.63, 3.8) is 0 Å². The Kier molecular flexibility index (Phi) is 5.35. The summed E-state index contributed by atoms with van der Waals surface area (Å²) in [4.78, 5) is 14.9. The highest BCUT2D eigenvalue weighted by Crippen LogP contribution is 2.46. The maximum Gasteiger partial charge on any atom is 0.354 e. The van der Waals surface area contributed by atoms with Crippen molar-refractivity contribution in [1.82, 2.24) is 4.98 Å². The van der Waals surface area contributed by atoms with Crippen LogP contribution in [0.2, 0.25) is 0 Å². The molecule has 2 rings (SSSR count). The van der Waals surface area contributed by atoms with Crippen molar-refractivity contribution in [2.24, 2.45) is 0 Å². The number of ether oxygens (including phenoxy) is 4. The highest BCUT2D eigenvalue weighted by molar-refractivity contribution is 5.94. The standard InChI is InChI=1S/C17H21NO6/c1-9-13(11(8-19)14(18-9)17(20)24-5)10-6-7-12(21-2)16(23-4)15(10)22-3/h6-7,18-19H,8H2,1-5H3. The maximum absolute atomic E-state index is 11.9. The quantitative estimate of drug-likeness (QED) is 0.787. The van der Waals surface area contributed by atoms with Crippen LogP contribution in [0.5, 0.6) is 17.2 Å². The second-order valence-corrected chi connectivity index (χ2v) is 5.01. The normalized spacial score (nSPS) is 10.4. The van der Waals surface area contributed by atoms with E-state index in [0.29, 0.717) is 39.6 Å². The zero-order valence-corrected chi connectivity index (χ0v) is 14.4. The van der Waals surface area contributed by atoms with E-state index in [4.69, 9.17) is 18.9 Å². The van der Waals surface area contributed by atoms with Crippen molar-refractivity contribution >= 4 is 5.97 Å². The number of carbonyl (C=O) groups is 1. The molecule has 0 amide bonds. The molecule has 7 nitrogen and oxygen atoms in total. The summed E-state index contributed by atoms with van der Waals surface area (Å²) in [6, 6.07) is 3.53. The summed E-state index contributed by atoms with van der Waals surface area (Å²) in [6.07, 6.45) is 0. The molecule has 0 fully saturated rings. The Morgan fingerprint density at radius 1 is 1.08 bits per heavy atom. The van der Waals surface area contributed by atoms with E-state index in [9.17, 15) is 9.90 Å². The predicted octanol–water partition coefficient (Wildman–Crippen LogP) is 2.29. The Morgan fingerprint density at radius 3 is 2.25 bits per heavy atom. The summed E-state index contributed by atoms with van der Waals surface area (Å²) in [7, 11) is 5.85. The number of hydrogen-bond donors (Lipinski definition) is 2. The van der Waals surface area contributed by atoms with Crippen molar-refractivity contribution < 1.29 is 28.8 Å². The molecule has 0 saturated carbocycles. The van der Waals surface area contributed by atoms with Gasteiger partial charge < -0.3 is 29.0 Å². The molecule has 0 bridgehead atoms. The van der Waals surface area contributed by atoms with Gasteiger partial charge in [-0.1, -0.05) is 0 Å². The van der Waals surface area contributed by atoms with E-state index in [1.807, 2.05) is 0 Å². The summed E-state index contributed by atoms with van der Waals surface area (Å²) >= 11 is 0. The molecule has 0 saturated heterocycles. The van der Waals surface area contributed by atoms with Crippen LogP contribution in [0.3, 0.4) is 0 Å². The molecule has 0 aliphatic rings. The van der Waals surface area contributed by atoms with E-state index >= 15 is 0 Å². The van der Waals surface area contributed by atoms with Gasteiger partial charge in [-0.05, 0) is 19.1 Å². The molecule has 0 radical (unpaired) electrons. The number of nitrogens with one attached hydrogen (secondary N) is 1. The fraction of sp³-hybridized carbons (Fsp3) is 0.353. The number of aromatic amines is 1. The van der Waals surface area contributed by atoms with E-state index in [-0.39, 0.29) is 12.3 Å². The van der Waals surface area contributed by atoms with Gasteiger partial charge in [0.2, 0.25) is 5.75 Å². The summed E-state index contributed by atoms with van der Waals surface area (Å²) in [5.41, 5.74) is 2.68. The van der Waals surface area contributed by atoms with Crippen molar-refractivity contribution in [3.8, 4) is 28.4 Å². The highest BCUT2D eigenvalue weighted by atomic mass is 16.5. The average Bonchev–Trinajstić information content (AvgIpc) is 2.95. The van der Waals surface area contributed by atoms with Crippen LogP contribution in [0.15, 0.2) is 12.1 Å². The zero-order chi connectivity index (χ0) is 17.9. The minimum Gasteiger partial charge on any atom is -0.493 e. The summed E-state index contributed by atoms with van der Waals surface area (Å²) in [5, 5.41) is 9.78. The lowest BCUT2D eigenvalue weighted by Crippen LogP contribution is -2.05. The van der Waals surface area contributed by atoms with Gasteiger partial charge in [0.05, 0.1) is 35.0 Å². The van der Waals surface area contributed by atoms with Crippen molar-refractivity contribution in [3.05, 3.63) is 29.1 Å². The van der Waals surface area contributed by atoms with Crippen LogP contribution in [0.4, 0.5) is 0 Å². The molecule has 0 aliphatic carbocycles. The van der Waals surface area contributed by atoms with Crippen molar-refractivity contribution in [2.45, 2.75) is 13.5 Å². The Balaban J connectivity index is 2.77. The Hall–Kier alpha value is -2.67. The Morgan fingerprint density at radius 2 is 1.75 bits per heavy atom. The van der Waals surface area contributed by atoms with Gasteiger partial charge in [-0.15, -0.1) is 0 Å². The second kappa shape index (κ2) is 7.27. The van der Waals surface area contributed by atoms with Crippen molar-refractivity contribution in [1.29, 1.82) is 0 Å². The minimum absolute atomic E-state index is 0.212. The van der Waals surface area contributed by atoms with Crippen LogP contribution < -0.4 is 14.2 Å². The number of rotatable bonds is 6. The van der Waals surface area contributed by atoms with Gasteiger partial charge in [0.1, 0.15) is 5.69 Å². The first-order valence-electron chi connectivity index (χ1n) is 7.23. The van der Waals surface area contributed by atoms with Gasteiger partial charge >= 0.3 is 5.97 Å². The largest absolute Gasteiger partial charge is 0.493 e. The summed E-state index contributed by atoms with van der Waals surface area (Å²) in [6.45, 7) is 1.47. The molecule has 0 unspecified atom stereocenters. The lowest BCUT2D eigenvalue weighted by molar-refractivity contribution is 0.0591. The first kappa shape index (κ1) is 17.7. The van der Waals surface area contributed by atoms with Crippen LogP contribution >= 0.6 is 0 Å². The molecule has 0 spiro atoms. The van der Waals surface area contributed by atoms with Gasteiger partial charge in [0, 0.05) is 22.4 Å². The first-order chi connectivity index (χ1) is 11.5. The SMILES string of the molecule is COC(=O)c1[nH]c(C)c(-c2ccc(OC)c(OC)c2OC)c1CO. The number of hydrogen-bond acceptors (Lipinski definition) is 6. The topological polar surface area (TPSA) is 90.0 Å². The number of aliphatic hydroxyl groups is 1. The molecule has 0 aliphatic heterocycles. The molecule has 24 heavy (non-hydrogen) atoms. The third kappa shape index (κ3) is 2.78. The fourth-order valence-electron chi connectivity index (χ4n) is 2.77. The van der Waals surface area contributed by atoms with Crippen molar-refractivity contribution in [2.75, 3.05) is 28.4 Å². The maximum atomic E-state index is 11.9. The molecule has 0 atom stereocenters. The van der Waals surface area contributed by atoms with E-state index in [0.717, 1.165) is 0 Å². The first-order valence-corrected chi connectivity index (χ1v) is 7.23. The van der Waals surface area contributed by atoms with Crippen LogP contribution in [0.1, 0.15) is 21.7 Å². The van der Waals surface area contributed by atoms with Crippen LogP contribution in [-0.2, 0) is 11.3 Å². The molecule has 130 valence electrons. The number of aryl methyl sites for hydroxylation is 1. The number of carbonyl (C=O) groups excluding carboxylic acids is 1. The molecular formula is C17H21NO6. The number of benzene rings is 1.